The van der Waals surface area contributed by atoms with Gasteiger partial charge >= 0.3 is 5.97 Å². The normalized spacial score (nSPS) is 10.5. The minimum absolute atomic E-state index is 0.252. The lowest BCUT2D eigenvalue weighted by Crippen LogP contribution is -2.47. The topological polar surface area (TPSA) is 77.4 Å². The molecule has 0 spiro atoms. The van der Waals surface area contributed by atoms with Crippen LogP contribution in [0.1, 0.15) is 48.4 Å². The van der Waals surface area contributed by atoms with Crippen molar-refractivity contribution in [2.24, 2.45) is 0 Å². The second-order valence-corrected chi connectivity index (χ2v) is 4.74. The van der Waals surface area contributed by atoms with Crippen molar-refractivity contribution < 1.29 is 24.3 Å². The molecule has 0 aromatic heterocycles. The predicted octanol–water partition coefficient (Wildman–Crippen LogP) is 1.63. The molecular formula is C16H25NO4. The van der Waals surface area contributed by atoms with Gasteiger partial charge < -0.3 is 19.5 Å². The van der Waals surface area contributed by atoms with Crippen molar-refractivity contribution in [3.05, 3.63) is 35.4 Å². The van der Waals surface area contributed by atoms with Crippen LogP contribution in [-0.2, 0) is 0 Å². The van der Waals surface area contributed by atoms with Gasteiger partial charge in [0, 0.05) is 5.56 Å². The van der Waals surface area contributed by atoms with E-state index in [2.05, 4.69) is 27.7 Å². The van der Waals surface area contributed by atoms with Gasteiger partial charge in [-0.15, -0.1) is 0 Å². The third kappa shape index (κ3) is 5.55. The zero-order chi connectivity index (χ0) is 16.5. The van der Waals surface area contributed by atoms with E-state index in [9.17, 15) is 14.7 Å². The van der Waals surface area contributed by atoms with E-state index in [1.807, 2.05) is 0 Å². The summed E-state index contributed by atoms with van der Waals surface area (Å²) in [5.41, 5.74) is -0.553. The first-order valence-electron chi connectivity index (χ1n) is 7.26. The van der Waals surface area contributed by atoms with E-state index in [4.69, 9.17) is 5.11 Å². The lowest BCUT2D eigenvalue weighted by atomic mass is 10.1. The minimum atomic E-state index is -1.48. The number of aromatic carboxylic acids is 2. The van der Waals surface area contributed by atoms with Crippen LogP contribution < -0.4 is 5.11 Å². The number of carbonyl (C=O) groups excluding carboxylic acids is 1. The highest BCUT2D eigenvalue weighted by atomic mass is 16.4. The summed E-state index contributed by atoms with van der Waals surface area (Å²) in [6, 6.07) is 5.31. The van der Waals surface area contributed by atoms with E-state index in [0.29, 0.717) is 0 Å². The highest BCUT2D eigenvalue weighted by Gasteiger charge is 2.16. The molecule has 21 heavy (non-hydrogen) atoms. The van der Waals surface area contributed by atoms with Crippen molar-refractivity contribution in [2.45, 2.75) is 27.7 Å². The molecule has 1 N–H and O–H groups in total. The van der Waals surface area contributed by atoms with Gasteiger partial charge in [-0.3, -0.25) is 0 Å². The van der Waals surface area contributed by atoms with Gasteiger partial charge in [0.1, 0.15) is 0 Å². The average Bonchev–Trinajstić information content (AvgIpc) is 2.50. The minimum Gasteiger partial charge on any atom is -0.545 e. The summed E-state index contributed by atoms with van der Waals surface area (Å²) in [5.74, 6) is -2.75. The van der Waals surface area contributed by atoms with E-state index in [1.54, 1.807) is 0 Å². The molecule has 0 aliphatic heterocycles. The molecule has 5 nitrogen and oxygen atoms in total. The molecule has 1 rings (SSSR count). The Balaban J connectivity index is 0.000000400. The summed E-state index contributed by atoms with van der Waals surface area (Å²) < 4.78 is 1.28. The standard InChI is InChI=1S/C8H20N.C8H6O4/c1-5-9(6-2,7-3)8-4;9-7(10)5-3-1-2-4-6(5)8(11)12/h5-8H2,1-4H3;1-4H,(H,9,10)(H,11,12)/q+1;/p-1. The Morgan fingerprint density at radius 1 is 0.952 bits per heavy atom. The Labute approximate surface area is 126 Å². The summed E-state index contributed by atoms with van der Waals surface area (Å²) in [4.78, 5) is 20.8. The van der Waals surface area contributed by atoms with E-state index >= 15 is 0 Å². The number of rotatable bonds is 6. The third-order valence-electron chi connectivity index (χ3n) is 4.06. The van der Waals surface area contributed by atoms with Crippen LogP contribution in [0.3, 0.4) is 0 Å². The molecule has 1 aromatic rings. The molecule has 0 aliphatic carbocycles. The Hall–Kier alpha value is -1.88. The van der Waals surface area contributed by atoms with E-state index in [0.717, 1.165) is 0 Å². The number of carbonyl (C=O) groups is 2. The van der Waals surface area contributed by atoms with Crippen LogP contribution in [0.5, 0.6) is 0 Å². The quantitative estimate of drug-likeness (QED) is 0.809. The van der Waals surface area contributed by atoms with Crippen molar-refractivity contribution in [3.8, 4) is 0 Å². The van der Waals surface area contributed by atoms with Gasteiger partial charge in [-0.2, -0.15) is 0 Å². The number of hydrogen-bond acceptors (Lipinski definition) is 3. The summed E-state index contributed by atoms with van der Waals surface area (Å²) >= 11 is 0. The molecule has 0 aliphatic rings. The van der Waals surface area contributed by atoms with E-state index in [-0.39, 0.29) is 11.1 Å². The predicted molar refractivity (Wildman–Crippen MR) is 80.2 cm³/mol. The molecule has 1 aromatic carbocycles. The Morgan fingerprint density at radius 2 is 1.33 bits per heavy atom. The summed E-state index contributed by atoms with van der Waals surface area (Å²) in [5, 5.41) is 18.9. The third-order valence-corrected chi connectivity index (χ3v) is 4.06. The largest absolute Gasteiger partial charge is 0.545 e. The van der Waals surface area contributed by atoms with Crippen LogP contribution >= 0.6 is 0 Å². The molecule has 0 atom stereocenters. The van der Waals surface area contributed by atoms with Crippen LogP contribution in [0.4, 0.5) is 0 Å². The molecule has 0 radical (unpaired) electrons. The molecule has 118 valence electrons. The molecule has 0 bridgehead atoms. The van der Waals surface area contributed by atoms with Gasteiger partial charge in [-0.1, -0.05) is 18.2 Å². The smallest absolute Gasteiger partial charge is 0.336 e. The lowest BCUT2D eigenvalue weighted by molar-refractivity contribution is -0.921. The fraction of sp³-hybridized carbons (Fsp3) is 0.500. The Morgan fingerprint density at radius 3 is 1.52 bits per heavy atom. The van der Waals surface area contributed by atoms with Crippen molar-refractivity contribution in [1.29, 1.82) is 0 Å². The molecule has 5 heteroatoms. The number of hydrogen-bond donors (Lipinski definition) is 1. The maximum atomic E-state index is 10.4. The number of benzene rings is 1. The number of quaternary nitrogens is 1. The first kappa shape index (κ1) is 19.1. The second kappa shape index (κ2) is 9.13. The number of carboxylic acids is 2. The zero-order valence-corrected chi connectivity index (χ0v) is 13.3. The molecule has 0 saturated heterocycles. The Bertz CT molecular complexity index is 417. The van der Waals surface area contributed by atoms with Crippen LogP contribution in [0.25, 0.3) is 0 Å². The zero-order valence-electron chi connectivity index (χ0n) is 13.3. The van der Waals surface area contributed by atoms with Gasteiger partial charge in [0.05, 0.1) is 37.7 Å². The molecule has 0 heterocycles. The SMILES string of the molecule is CC[N+](CC)(CC)CC.O=C([O-])c1ccccc1C(=O)O. The fourth-order valence-corrected chi connectivity index (χ4v) is 2.19. The van der Waals surface area contributed by atoms with Crippen LogP contribution in [0.15, 0.2) is 24.3 Å². The highest BCUT2D eigenvalue weighted by molar-refractivity contribution is 6.00. The number of carboxylic acid groups (broad SMARTS) is 2. The van der Waals surface area contributed by atoms with Crippen molar-refractivity contribution >= 4 is 11.9 Å². The van der Waals surface area contributed by atoms with Gasteiger partial charge in [-0.25, -0.2) is 4.79 Å². The molecule has 0 amide bonds. The molecular weight excluding hydrogens is 270 g/mol. The van der Waals surface area contributed by atoms with Gasteiger partial charge in [-0.05, 0) is 33.8 Å². The number of nitrogens with zero attached hydrogens (tertiary/aromatic N) is 1. The van der Waals surface area contributed by atoms with Gasteiger partial charge in [0.2, 0.25) is 0 Å². The lowest BCUT2D eigenvalue weighted by Gasteiger charge is -2.34. The maximum Gasteiger partial charge on any atom is 0.336 e. The maximum absolute atomic E-state index is 10.4. The van der Waals surface area contributed by atoms with Crippen molar-refractivity contribution in [1.82, 2.24) is 0 Å². The van der Waals surface area contributed by atoms with Gasteiger partial charge in [0.15, 0.2) is 0 Å². The van der Waals surface area contributed by atoms with Crippen molar-refractivity contribution in [2.75, 3.05) is 26.2 Å². The van der Waals surface area contributed by atoms with Crippen LogP contribution in [-0.4, -0.2) is 47.7 Å². The first-order valence-corrected chi connectivity index (χ1v) is 7.26. The highest BCUT2D eigenvalue weighted by Crippen LogP contribution is 2.06. The van der Waals surface area contributed by atoms with E-state index in [1.165, 1.54) is 54.9 Å². The molecule has 0 saturated carbocycles. The summed E-state index contributed by atoms with van der Waals surface area (Å²) in [6.07, 6.45) is 0. The Kier molecular flexibility index (Phi) is 8.31. The van der Waals surface area contributed by atoms with Crippen LogP contribution in [0.2, 0.25) is 0 Å². The fourth-order valence-electron chi connectivity index (χ4n) is 2.19. The summed E-state index contributed by atoms with van der Waals surface area (Å²) in [6.45, 7) is 14.2. The monoisotopic (exact) mass is 295 g/mol. The van der Waals surface area contributed by atoms with Crippen molar-refractivity contribution in [3.63, 3.8) is 0 Å². The molecule has 0 unspecified atom stereocenters. The first-order chi connectivity index (χ1) is 9.87. The molecule has 0 fully saturated rings. The summed E-state index contributed by atoms with van der Waals surface area (Å²) in [7, 11) is 0. The van der Waals surface area contributed by atoms with Crippen LogP contribution in [0, 0.1) is 0 Å². The second-order valence-electron chi connectivity index (χ2n) is 4.74. The average molecular weight is 295 g/mol. The van der Waals surface area contributed by atoms with Gasteiger partial charge in [0.25, 0.3) is 0 Å². The van der Waals surface area contributed by atoms with E-state index < -0.39 is 11.9 Å².